The van der Waals surface area contributed by atoms with Gasteiger partial charge in [0, 0.05) is 16.6 Å². The smallest absolute Gasteiger partial charge is 0.336 e. The first-order valence-corrected chi connectivity index (χ1v) is 5.66. The van der Waals surface area contributed by atoms with Gasteiger partial charge in [-0.3, -0.25) is 0 Å². The summed E-state index contributed by atoms with van der Waals surface area (Å²) in [6.07, 6.45) is 0. The van der Waals surface area contributed by atoms with Crippen molar-refractivity contribution in [2.75, 3.05) is 0 Å². The van der Waals surface area contributed by atoms with Gasteiger partial charge in [0.2, 0.25) is 0 Å². The molecule has 0 unspecified atom stereocenters. The van der Waals surface area contributed by atoms with Crippen molar-refractivity contribution in [3.8, 4) is 11.3 Å². The van der Waals surface area contributed by atoms with Crippen molar-refractivity contribution in [1.82, 2.24) is 4.98 Å². The van der Waals surface area contributed by atoms with Gasteiger partial charge in [0.05, 0.1) is 5.56 Å². The van der Waals surface area contributed by atoms with Crippen LogP contribution in [0, 0.1) is 0 Å². The zero-order valence-electron chi connectivity index (χ0n) is 9.55. The van der Waals surface area contributed by atoms with Crippen LogP contribution in [0.4, 0.5) is 0 Å². The zero-order chi connectivity index (χ0) is 12.5. The maximum atomic E-state index is 11.1. The van der Waals surface area contributed by atoms with E-state index in [2.05, 4.69) is 4.98 Å². The molecule has 0 bridgehead atoms. The van der Waals surface area contributed by atoms with Crippen LogP contribution >= 0.6 is 0 Å². The Balaban J connectivity index is 2.23. The van der Waals surface area contributed by atoms with Gasteiger partial charge < -0.3 is 10.1 Å². The molecule has 0 atom stereocenters. The van der Waals surface area contributed by atoms with Gasteiger partial charge in [-0.25, -0.2) is 4.79 Å². The van der Waals surface area contributed by atoms with Gasteiger partial charge in [-0.15, -0.1) is 0 Å². The van der Waals surface area contributed by atoms with Gasteiger partial charge in [0.1, 0.15) is 0 Å². The number of hydrogen-bond acceptors (Lipinski definition) is 1. The first kappa shape index (κ1) is 10.6. The number of fused-ring (bicyclic) bond motifs is 1. The molecule has 3 aromatic rings. The van der Waals surface area contributed by atoms with Crippen LogP contribution in [-0.2, 0) is 0 Å². The lowest BCUT2D eigenvalue weighted by atomic mass is 10.1. The van der Waals surface area contributed by atoms with Crippen molar-refractivity contribution < 1.29 is 9.90 Å². The van der Waals surface area contributed by atoms with Crippen LogP contribution in [0.5, 0.6) is 0 Å². The molecule has 0 amide bonds. The lowest BCUT2D eigenvalue weighted by Gasteiger charge is -1.94. The Morgan fingerprint density at radius 1 is 1.00 bits per heavy atom. The number of carboxylic acids is 1. The summed E-state index contributed by atoms with van der Waals surface area (Å²) >= 11 is 0. The Morgan fingerprint density at radius 3 is 2.50 bits per heavy atom. The number of hydrogen-bond donors (Lipinski definition) is 2. The molecule has 0 saturated heterocycles. The molecule has 0 aliphatic rings. The van der Waals surface area contributed by atoms with Crippen molar-refractivity contribution in [2.24, 2.45) is 0 Å². The van der Waals surface area contributed by atoms with Crippen LogP contribution in [0.15, 0.2) is 54.6 Å². The van der Waals surface area contributed by atoms with E-state index < -0.39 is 5.97 Å². The molecular formula is C15H11NO2. The topological polar surface area (TPSA) is 53.1 Å². The van der Waals surface area contributed by atoms with E-state index in [1.165, 1.54) is 0 Å². The third-order valence-electron chi connectivity index (χ3n) is 2.98. The number of aromatic carboxylic acids is 1. The molecule has 2 N–H and O–H groups in total. The number of benzene rings is 2. The fourth-order valence-electron chi connectivity index (χ4n) is 2.11. The third-order valence-corrected chi connectivity index (χ3v) is 2.98. The van der Waals surface area contributed by atoms with Crippen LogP contribution < -0.4 is 0 Å². The summed E-state index contributed by atoms with van der Waals surface area (Å²) < 4.78 is 0. The fraction of sp³-hybridized carbons (Fsp3) is 0. The normalized spacial score (nSPS) is 10.7. The van der Waals surface area contributed by atoms with Gasteiger partial charge in [-0.1, -0.05) is 36.4 Å². The number of aromatic amines is 1. The quantitative estimate of drug-likeness (QED) is 0.716. The molecule has 0 aliphatic carbocycles. The van der Waals surface area contributed by atoms with Gasteiger partial charge in [0.15, 0.2) is 0 Å². The van der Waals surface area contributed by atoms with E-state index in [0.717, 1.165) is 22.2 Å². The molecule has 3 rings (SSSR count). The second-order valence-electron chi connectivity index (χ2n) is 4.12. The SMILES string of the molecule is O=C(O)c1cccc2[nH]c(-c3ccccc3)cc12. The summed E-state index contributed by atoms with van der Waals surface area (Å²) in [7, 11) is 0. The Hall–Kier alpha value is -2.55. The van der Waals surface area contributed by atoms with Gasteiger partial charge in [-0.05, 0) is 23.8 Å². The van der Waals surface area contributed by atoms with E-state index in [0.29, 0.717) is 5.56 Å². The molecule has 18 heavy (non-hydrogen) atoms. The fourth-order valence-corrected chi connectivity index (χ4v) is 2.11. The highest BCUT2D eigenvalue weighted by molar-refractivity contribution is 6.04. The monoisotopic (exact) mass is 237 g/mol. The maximum Gasteiger partial charge on any atom is 0.336 e. The van der Waals surface area contributed by atoms with Crippen LogP contribution in [0.2, 0.25) is 0 Å². The summed E-state index contributed by atoms with van der Waals surface area (Å²) in [5.74, 6) is -0.904. The Bertz CT molecular complexity index is 714. The van der Waals surface area contributed by atoms with Crippen molar-refractivity contribution >= 4 is 16.9 Å². The molecular weight excluding hydrogens is 226 g/mol. The summed E-state index contributed by atoms with van der Waals surface area (Å²) in [6, 6.07) is 17.0. The molecule has 1 heterocycles. The molecule has 0 saturated carbocycles. The summed E-state index contributed by atoms with van der Waals surface area (Å²) in [5, 5.41) is 9.89. The minimum atomic E-state index is -0.904. The molecule has 3 heteroatoms. The van der Waals surface area contributed by atoms with Crippen LogP contribution in [0.3, 0.4) is 0 Å². The summed E-state index contributed by atoms with van der Waals surface area (Å²) in [6.45, 7) is 0. The molecule has 0 fully saturated rings. The number of aromatic nitrogens is 1. The molecule has 0 aliphatic heterocycles. The van der Waals surface area contributed by atoms with Gasteiger partial charge in [0.25, 0.3) is 0 Å². The average molecular weight is 237 g/mol. The van der Waals surface area contributed by atoms with Crippen LogP contribution in [0.1, 0.15) is 10.4 Å². The lowest BCUT2D eigenvalue weighted by molar-refractivity contribution is 0.0699. The number of rotatable bonds is 2. The van der Waals surface area contributed by atoms with Crippen molar-refractivity contribution in [2.45, 2.75) is 0 Å². The van der Waals surface area contributed by atoms with E-state index >= 15 is 0 Å². The van der Waals surface area contributed by atoms with Crippen molar-refractivity contribution in [3.05, 3.63) is 60.2 Å². The molecule has 2 aromatic carbocycles. The Morgan fingerprint density at radius 2 is 1.78 bits per heavy atom. The molecule has 1 aromatic heterocycles. The first-order valence-electron chi connectivity index (χ1n) is 5.66. The predicted molar refractivity (Wildman–Crippen MR) is 70.7 cm³/mol. The average Bonchev–Trinajstić information content (AvgIpc) is 2.83. The van der Waals surface area contributed by atoms with Crippen LogP contribution in [-0.4, -0.2) is 16.1 Å². The highest BCUT2D eigenvalue weighted by Gasteiger charge is 2.11. The minimum Gasteiger partial charge on any atom is -0.478 e. The highest BCUT2D eigenvalue weighted by atomic mass is 16.4. The van der Waals surface area contributed by atoms with Gasteiger partial charge >= 0.3 is 5.97 Å². The molecule has 0 spiro atoms. The number of carbonyl (C=O) groups is 1. The minimum absolute atomic E-state index is 0.325. The number of H-pyrrole nitrogens is 1. The van der Waals surface area contributed by atoms with E-state index in [-0.39, 0.29) is 0 Å². The second-order valence-corrected chi connectivity index (χ2v) is 4.12. The second kappa shape index (κ2) is 4.04. The predicted octanol–water partition coefficient (Wildman–Crippen LogP) is 3.53. The third kappa shape index (κ3) is 1.66. The van der Waals surface area contributed by atoms with Crippen molar-refractivity contribution in [3.63, 3.8) is 0 Å². The van der Waals surface area contributed by atoms with E-state index in [1.54, 1.807) is 12.1 Å². The van der Waals surface area contributed by atoms with E-state index in [4.69, 9.17) is 5.11 Å². The standard InChI is InChI=1S/C15H11NO2/c17-15(18)11-7-4-8-13-12(11)9-14(16-13)10-5-2-1-3-6-10/h1-9,16H,(H,17,18). The number of carboxylic acid groups (broad SMARTS) is 1. The van der Waals surface area contributed by atoms with E-state index in [1.807, 2.05) is 42.5 Å². The molecule has 88 valence electrons. The largest absolute Gasteiger partial charge is 0.478 e. The van der Waals surface area contributed by atoms with Gasteiger partial charge in [-0.2, -0.15) is 0 Å². The lowest BCUT2D eigenvalue weighted by Crippen LogP contribution is -1.95. The molecule has 0 radical (unpaired) electrons. The number of nitrogens with one attached hydrogen (secondary N) is 1. The summed E-state index contributed by atoms with van der Waals surface area (Å²) in [5.41, 5.74) is 3.14. The summed E-state index contributed by atoms with van der Waals surface area (Å²) in [4.78, 5) is 14.4. The highest BCUT2D eigenvalue weighted by Crippen LogP contribution is 2.26. The maximum absolute atomic E-state index is 11.1. The Labute approximate surface area is 104 Å². The first-order chi connectivity index (χ1) is 8.75. The molecule has 3 nitrogen and oxygen atoms in total. The van der Waals surface area contributed by atoms with Crippen molar-refractivity contribution in [1.29, 1.82) is 0 Å². The Kier molecular flexibility index (Phi) is 2.38. The van der Waals surface area contributed by atoms with E-state index in [9.17, 15) is 4.79 Å². The van der Waals surface area contributed by atoms with Crippen LogP contribution in [0.25, 0.3) is 22.2 Å². The zero-order valence-corrected chi connectivity index (χ0v) is 9.55.